The summed E-state index contributed by atoms with van der Waals surface area (Å²) in [7, 11) is -2.39. The molecule has 1 aromatic heterocycles. The molecule has 0 amide bonds. The summed E-state index contributed by atoms with van der Waals surface area (Å²) in [6.45, 7) is 1.79. The number of fused-ring (bicyclic) bond motifs is 1. The van der Waals surface area contributed by atoms with E-state index in [1.165, 1.54) is 24.9 Å². The first kappa shape index (κ1) is 23.2. The monoisotopic (exact) mass is 482 g/mol. The van der Waals surface area contributed by atoms with Crippen LogP contribution in [0.1, 0.15) is 24.8 Å². The van der Waals surface area contributed by atoms with Crippen LogP contribution in [0.4, 0.5) is 34.8 Å². The molecule has 0 bridgehead atoms. The molecule has 11 heteroatoms. The average molecular weight is 483 g/mol. The van der Waals surface area contributed by atoms with Crippen LogP contribution in [-0.2, 0) is 9.73 Å². The maximum absolute atomic E-state index is 13.9. The predicted molar refractivity (Wildman–Crippen MR) is 119 cm³/mol. The largest absolute Gasteiger partial charge is 0.475 e. The highest BCUT2D eigenvalue weighted by Crippen LogP contribution is 2.49. The molecule has 0 spiro atoms. The Balaban J connectivity index is 1.76. The molecule has 1 aliphatic rings. The molecule has 6 nitrogen and oxygen atoms in total. The van der Waals surface area contributed by atoms with Crippen molar-refractivity contribution in [1.82, 2.24) is 9.97 Å². The molecule has 0 unspecified atom stereocenters. The number of hydrogen-bond acceptors (Lipinski definition) is 6. The smallest absolute Gasteiger partial charge is 0.428 e. The van der Waals surface area contributed by atoms with E-state index in [0.717, 1.165) is 12.1 Å². The second kappa shape index (κ2) is 8.12. The van der Waals surface area contributed by atoms with Crippen molar-refractivity contribution in [2.75, 3.05) is 17.8 Å². The Kier molecular flexibility index (Phi) is 5.71. The van der Waals surface area contributed by atoms with Gasteiger partial charge in [-0.25, -0.2) is 18.6 Å². The normalized spacial score (nSPS) is 15.7. The van der Waals surface area contributed by atoms with Crippen LogP contribution in [-0.4, -0.2) is 38.5 Å². The van der Waals surface area contributed by atoms with Crippen molar-refractivity contribution in [3.8, 4) is 5.75 Å². The number of hydrogen-bond donors (Lipinski definition) is 1. The van der Waals surface area contributed by atoms with E-state index in [9.17, 15) is 21.8 Å². The second-order valence-electron chi connectivity index (χ2n) is 8.36. The maximum Gasteiger partial charge on any atom is 0.428 e. The first-order chi connectivity index (χ1) is 15.4. The first-order valence-electron chi connectivity index (χ1n) is 10.1. The molecule has 176 valence electrons. The summed E-state index contributed by atoms with van der Waals surface area (Å²) in [6.07, 6.45) is -0.251. The van der Waals surface area contributed by atoms with Crippen molar-refractivity contribution in [3.05, 3.63) is 48.0 Å². The van der Waals surface area contributed by atoms with Gasteiger partial charge < -0.3 is 10.1 Å². The van der Waals surface area contributed by atoms with Gasteiger partial charge in [0.1, 0.15) is 23.7 Å². The van der Waals surface area contributed by atoms with Crippen LogP contribution in [0.3, 0.4) is 0 Å². The summed E-state index contributed by atoms with van der Waals surface area (Å²) in [6, 6.07) is 6.74. The third kappa shape index (κ3) is 4.73. The van der Waals surface area contributed by atoms with Crippen molar-refractivity contribution < 1.29 is 26.5 Å². The van der Waals surface area contributed by atoms with Gasteiger partial charge in [0, 0.05) is 33.7 Å². The summed E-state index contributed by atoms with van der Waals surface area (Å²) < 4.78 is 76.4. The Morgan fingerprint density at radius 1 is 1.15 bits per heavy atom. The summed E-state index contributed by atoms with van der Waals surface area (Å²) in [5.74, 6) is -0.659. The summed E-state index contributed by atoms with van der Waals surface area (Å²) in [4.78, 5) is 8.47. The van der Waals surface area contributed by atoms with Crippen LogP contribution >= 0.6 is 0 Å². The van der Waals surface area contributed by atoms with Crippen LogP contribution in [0.2, 0.25) is 0 Å². The lowest BCUT2D eigenvalue weighted by Gasteiger charge is -2.43. The van der Waals surface area contributed by atoms with E-state index in [2.05, 4.69) is 19.6 Å². The average Bonchev–Trinajstić information content (AvgIpc) is 2.64. The van der Waals surface area contributed by atoms with E-state index in [1.54, 1.807) is 19.1 Å². The van der Waals surface area contributed by atoms with Gasteiger partial charge in [-0.1, -0.05) is 0 Å². The fourth-order valence-corrected chi connectivity index (χ4v) is 4.35. The van der Waals surface area contributed by atoms with Gasteiger partial charge in [0.2, 0.25) is 5.60 Å². The third-order valence-electron chi connectivity index (χ3n) is 5.43. The lowest BCUT2D eigenvalue weighted by Crippen LogP contribution is -2.55. The molecule has 2 aromatic carbocycles. The Morgan fingerprint density at radius 2 is 1.88 bits per heavy atom. The number of halogens is 4. The van der Waals surface area contributed by atoms with Gasteiger partial charge in [-0.2, -0.15) is 17.5 Å². The molecule has 1 fully saturated rings. The van der Waals surface area contributed by atoms with Crippen molar-refractivity contribution in [3.63, 3.8) is 0 Å². The molecule has 0 atom stereocenters. The van der Waals surface area contributed by atoms with Crippen LogP contribution in [0.25, 0.3) is 10.9 Å². The van der Waals surface area contributed by atoms with Gasteiger partial charge in [-0.05, 0) is 56.0 Å². The maximum atomic E-state index is 13.9. The molecule has 1 saturated carbocycles. The van der Waals surface area contributed by atoms with Crippen molar-refractivity contribution in [2.24, 2.45) is 4.36 Å². The lowest BCUT2D eigenvalue weighted by molar-refractivity contribution is -0.274. The number of benzene rings is 2. The molecule has 33 heavy (non-hydrogen) atoms. The number of anilines is 2. The number of nitrogens with zero attached hydrogens (tertiary/aromatic N) is 3. The standard InChI is InChI=1S/C22H22F4N4O2S/c1-13-9-15(30-33(2,3)31)11-17-19(13)20(28-12-27-17)29-16-6-5-14(23)10-18(16)32-21(7-4-8-21)22(24,25)26/h5-6,9-12H,4,7-8H2,1-3H3,(H,27,28,29). The first-order valence-corrected chi connectivity index (χ1v) is 12.4. The minimum Gasteiger partial charge on any atom is -0.475 e. The Morgan fingerprint density at radius 3 is 2.48 bits per heavy atom. The topological polar surface area (TPSA) is 76.5 Å². The van der Waals surface area contributed by atoms with Gasteiger partial charge in [-0.3, -0.25) is 0 Å². The number of nitrogens with one attached hydrogen (secondary N) is 1. The number of rotatable bonds is 5. The lowest BCUT2D eigenvalue weighted by atomic mass is 9.79. The quantitative estimate of drug-likeness (QED) is 0.449. The molecule has 4 rings (SSSR count). The van der Waals surface area contributed by atoms with Crippen LogP contribution in [0, 0.1) is 12.7 Å². The zero-order valence-electron chi connectivity index (χ0n) is 18.2. The van der Waals surface area contributed by atoms with E-state index in [-0.39, 0.29) is 24.3 Å². The Hall–Kier alpha value is -2.95. The van der Waals surface area contributed by atoms with Gasteiger partial charge in [0.15, 0.2) is 0 Å². The molecule has 1 N–H and O–H groups in total. The highest BCUT2D eigenvalue weighted by molar-refractivity contribution is 7.92. The zero-order valence-corrected chi connectivity index (χ0v) is 19.0. The second-order valence-corrected chi connectivity index (χ2v) is 10.9. The van der Waals surface area contributed by atoms with Crippen LogP contribution in [0.15, 0.2) is 41.0 Å². The molecule has 1 aliphatic carbocycles. The Bertz CT molecular complexity index is 1340. The fourth-order valence-electron chi connectivity index (χ4n) is 3.74. The molecule has 0 radical (unpaired) electrons. The van der Waals surface area contributed by atoms with Gasteiger partial charge in [0.25, 0.3) is 0 Å². The van der Waals surface area contributed by atoms with E-state index < -0.39 is 27.3 Å². The fraction of sp³-hybridized carbons (Fsp3) is 0.364. The number of alkyl halides is 3. The highest BCUT2D eigenvalue weighted by atomic mass is 32.2. The van der Waals surface area contributed by atoms with Crippen LogP contribution in [0.5, 0.6) is 5.75 Å². The number of ether oxygens (including phenoxy) is 1. The van der Waals surface area contributed by atoms with Crippen molar-refractivity contribution >= 4 is 37.8 Å². The summed E-state index contributed by atoms with van der Waals surface area (Å²) in [5, 5.41) is 3.57. The van der Waals surface area contributed by atoms with Gasteiger partial charge >= 0.3 is 6.18 Å². The summed E-state index contributed by atoms with van der Waals surface area (Å²) >= 11 is 0. The highest BCUT2D eigenvalue weighted by Gasteiger charge is 2.61. The molecule has 0 aliphatic heterocycles. The molecular formula is C22H22F4N4O2S. The molecule has 3 aromatic rings. The minimum absolute atomic E-state index is 0.144. The summed E-state index contributed by atoms with van der Waals surface area (Å²) in [5.41, 5.74) is -0.476. The van der Waals surface area contributed by atoms with Gasteiger partial charge in [-0.15, -0.1) is 0 Å². The van der Waals surface area contributed by atoms with Crippen molar-refractivity contribution in [2.45, 2.75) is 38.0 Å². The zero-order chi connectivity index (χ0) is 24.0. The number of aromatic nitrogens is 2. The van der Waals surface area contributed by atoms with E-state index in [0.29, 0.717) is 34.4 Å². The van der Waals surface area contributed by atoms with Gasteiger partial charge in [0.05, 0.1) is 16.9 Å². The Labute approximate surface area is 188 Å². The SMILES string of the molecule is Cc1cc(N=S(C)(C)=O)cc2ncnc(Nc3ccc(F)cc3OC3(C(F)(F)F)CCC3)c12. The van der Waals surface area contributed by atoms with E-state index in [1.807, 2.05) is 0 Å². The van der Waals surface area contributed by atoms with Crippen molar-refractivity contribution in [1.29, 1.82) is 0 Å². The van der Waals surface area contributed by atoms with E-state index >= 15 is 0 Å². The minimum atomic E-state index is -4.58. The molecule has 0 saturated heterocycles. The number of aryl methyl sites for hydroxylation is 1. The van der Waals surface area contributed by atoms with E-state index in [4.69, 9.17) is 4.74 Å². The van der Waals surface area contributed by atoms with Crippen LogP contribution < -0.4 is 10.1 Å². The molecular weight excluding hydrogens is 460 g/mol. The predicted octanol–water partition coefficient (Wildman–Crippen LogP) is 6.04. The molecule has 1 heterocycles. The third-order valence-corrected chi connectivity index (χ3v) is 6.08.